The molecule has 2 saturated heterocycles. The van der Waals surface area contributed by atoms with Crippen LogP contribution >= 0.6 is 11.6 Å². The van der Waals surface area contributed by atoms with Gasteiger partial charge in [0.05, 0.1) is 21.9 Å². The van der Waals surface area contributed by atoms with Crippen LogP contribution in [0.4, 0.5) is 15.8 Å². The maximum atomic E-state index is 13.4. The van der Waals surface area contributed by atoms with Crippen LogP contribution < -0.4 is 14.9 Å². The molecule has 2 fully saturated rings. The number of carbonyl (C=O) groups excluding carboxylic acids is 2. The van der Waals surface area contributed by atoms with Crippen molar-refractivity contribution in [3.05, 3.63) is 53.3 Å². The summed E-state index contributed by atoms with van der Waals surface area (Å²) in [5.74, 6) is -1.84. The maximum absolute atomic E-state index is 13.4. The van der Waals surface area contributed by atoms with Crippen LogP contribution in [-0.2, 0) is 24.3 Å². The van der Waals surface area contributed by atoms with Crippen LogP contribution in [0.5, 0.6) is 0 Å². The highest BCUT2D eigenvalue weighted by atomic mass is 35.5. The van der Waals surface area contributed by atoms with E-state index in [0.29, 0.717) is 18.0 Å². The molecule has 0 spiro atoms. The van der Waals surface area contributed by atoms with Crippen LogP contribution in [0.1, 0.15) is 19.3 Å². The second-order valence-corrected chi connectivity index (χ2v) is 10.2. The third kappa shape index (κ3) is 5.52. The number of carbonyl (C=O) groups is 2. The number of sulfonamides is 1. The number of hydrogen-bond acceptors (Lipinski definition) is 5. The van der Waals surface area contributed by atoms with Crippen LogP contribution in [0.15, 0.2) is 47.4 Å². The smallest absolute Gasteiger partial charge is 0.240 e. The number of halogens is 2. The molecule has 0 bridgehead atoms. The molecule has 0 aliphatic carbocycles. The molecule has 2 N–H and O–H groups in total. The first kappa shape index (κ1) is 23.6. The Kier molecular flexibility index (Phi) is 6.99. The SMILES string of the molecule is O=C(Nc1ccc(S(=O)(=O)NCC2CCCO2)cc1)C1CC(=O)N(c2ccc(F)c(Cl)c2)C1. The number of nitrogens with one attached hydrogen (secondary N) is 2. The summed E-state index contributed by atoms with van der Waals surface area (Å²) >= 11 is 5.80. The molecule has 8 nitrogen and oxygen atoms in total. The van der Waals surface area contributed by atoms with Crippen LogP contribution in [0, 0.1) is 11.7 Å². The van der Waals surface area contributed by atoms with Crippen LogP contribution in [0.2, 0.25) is 5.02 Å². The summed E-state index contributed by atoms with van der Waals surface area (Å²) in [6.07, 6.45) is 1.63. The van der Waals surface area contributed by atoms with Crippen LogP contribution in [0.3, 0.4) is 0 Å². The molecule has 2 atom stereocenters. The molecule has 176 valence electrons. The highest BCUT2D eigenvalue weighted by Crippen LogP contribution is 2.29. The van der Waals surface area contributed by atoms with Crippen molar-refractivity contribution >= 4 is 44.8 Å². The van der Waals surface area contributed by atoms with Gasteiger partial charge in [0.2, 0.25) is 21.8 Å². The van der Waals surface area contributed by atoms with Gasteiger partial charge in [-0.25, -0.2) is 17.5 Å². The zero-order valence-electron chi connectivity index (χ0n) is 17.6. The van der Waals surface area contributed by atoms with Gasteiger partial charge in [0.15, 0.2) is 0 Å². The summed E-state index contributed by atoms with van der Waals surface area (Å²) in [5.41, 5.74) is 0.834. The summed E-state index contributed by atoms with van der Waals surface area (Å²) < 4.78 is 46.3. The van der Waals surface area contributed by atoms with Crippen molar-refractivity contribution in [2.24, 2.45) is 5.92 Å². The zero-order chi connectivity index (χ0) is 23.6. The van der Waals surface area contributed by atoms with E-state index in [9.17, 15) is 22.4 Å². The van der Waals surface area contributed by atoms with Gasteiger partial charge in [-0.3, -0.25) is 9.59 Å². The van der Waals surface area contributed by atoms with Crippen LogP contribution in [0.25, 0.3) is 0 Å². The van der Waals surface area contributed by atoms with Gasteiger partial charge in [-0.2, -0.15) is 0 Å². The first-order chi connectivity index (χ1) is 15.7. The van der Waals surface area contributed by atoms with Gasteiger partial charge >= 0.3 is 0 Å². The predicted molar refractivity (Wildman–Crippen MR) is 121 cm³/mol. The Balaban J connectivity index is 1.35. The first-order valence-corrected chi connectivity index (χ1v) is 12.4. The highest BCUT2D eigenvalue weighted by molar-refractivity contribution is 7.89. The summed E-state index contributed by atoms with van der Waals surface area (Å²) in [4.78, 5) is 26.5. The monoisotopic (exact) mass is 495 g/mol. The fourth-order valence-electron chi connectivity index (χ4n) is 3.84. The molecule has 2 aromatic rings. The highest BCUT2D eigenvalue weighted by Gasteiger charge is 2.35. The topological polar surface area (TPSA) is 105 Å². The molecule has 11 heteroatoms. The molecule has 4 rings (SSSR count). The van der Waals surface area contributed by atoms with E-state index in [1.165, 1.54) is 47.4 Å². The number of nitrogens with zero attached hydrogens (tertiary/aromatic N) is 1. The third-order valence-electron chi connectivity index (χ3n) is 5.67. The van der Waals surface area contributed by atoms with E-state index in [1.54, 1.807) is 0 Å². The average Bonchev–Trinajstić information content (AvgIpc) is 3.44. The Labute approximate surface area is 196 Å². The van der Waals surface area contributed by atoms with E-state index in [-0.39, 0.29) is 47.3 Å². The number of benzene rings is 2. The van der Waals surface area contributed by atoms with Crippen molar-refractivity contribution in [1.29, 1.82) is 0 Å². The Morgan fingerprint density at radius 1 is 1.21 bits per heavy atom. The van der Waals surface area contributed by atoms with Gasteiger partial charge in [-0.1, -0.05) is 11.6 Å². The number of rotatable bonds is 7. The van der Waals surface area contributed by atoms with Crippen molar-refractivity contribution in [2.45, 2.75) is 30.3 Å². The lowest BCUT2D eigenvalue weighted by Crippen LogP contribution is -2.31. The molecular formula is C22H23ClFN3O5S. The van der Waals surface area contributed by atoms with E-state index >= 15 is 0 Å². The Morgan fingerprint density at radius 3 is 2.64 bits per heavy atom. The van der Waals surface area contributed by atoms with Gasteiger partial charge < -0.3 is 15.0 Å². The van der Waals surface area contributed by atoms with Crippen molar-refractivity contribution in [3.63, 3.8) is 0 Å². The Bertz CT molecular complexity index is 1150. The lowest BCUT2D eigenvalue weighted by Gasteiger charge is -2.17. The molecule has 2 unspecified atom stereocenters. The second-order valence-electron chi connectivity index (χ2n) is 8.00. The fraction of sp³-hybridized carbons (Fsp3) is 0.364. The fourth-order valence-corrected chi connectivity index (χ4v) is 5.08. The third-order valence-corrected chi connectivity index (χ3v) is 7.40. The van der Waals surface area contributed by atoms with E-state index in [0.717, 1.165) is 12.8 Å². The van der Waals surface area contributed by atoms with E-state index in [1.807, 2.05) is 0 Å². The lowest BCUT2D eigenvalue weighted by molar-refractivity contribution is -0.122. The summed E-state index contributed by atoms with van der Waals surface area (Å²) in [5, 5.41) is 2.61. The lowest BCUT2D eigenvalue weighted by atomic mass is 10.1. The minimum Gasteiger partial charge on any atom is -0.377 e. The number of hydrogen-bond donors (Lipinski definition) is 2. The summed E-state index contributed by atoms with van der Waals surface area (Å²) in [6, 6.07) is 9.75. The number of anilines is 2. The molecule has 2 amide bonds. The minimum atomic E-state index is -3.69. The molecular weight excluding hydrogens is 473 g/mol. The molecule has 2 aliphatic heterocycles. The van der Waals surface area contributed by atoms with E-state index in [2.05, 4.69) is 10.0 Å². The Morgan fingerprint density at radius 2 is 1.97 bits per heavy atom. The average molecular weight is 496 g/mol. The van der Waals surface area contributed by atoms with Crippen molar-refractivity contribution in [2.75, 3.05) is 29.9 Å². The molecule has 33 heavy (non-hydrogen) atoms. The van der Waals surface area contributed by atoms with Crippen LogP contribution in [-0.4, -0.2) is 46.0 Å². The molecule has 0 aromatic heterocycles. The van der Waals surface area contributed by atoms with E-state index in [4.69, 9.17) is 16.3 Å². The molecule has 0 saturated carbocycles. The van der Waals surface area contributed by atoms with Crippen molar-refractivity contribution < 1.29 is 27.1 Å². The minimum absolute atomic E-state index is 0.000446. The first-order valence-electron chi connectivity index (χ1n) is 10.5. The molecule has 2 aromatic carbocycles. The largest absolute Gasteiger partial charge is 0.377 e. The van der Waals surface area contributed by atoms with E-state index < -0.39 is 21.8 Å². The quantitative estimate of drug-likeness (QED) is 0.614. The number of amides is 2. The normalized spacial score (nSPS) is 20.9. The zero-order valence-corrected chi connectivity index (χ0v) is 19.2. The van der Waals surface area contributed by atoms with Gasteiger partial charge in [0, 0.05) is 37.5 Å². The molecule has 2 aliphatic rings. The van der Waals surface area contributed by atoms with Gasteiger partial charge in [0.1, 0.15) is 5.82 Å². The Hall–Kier alpha value is -2.53. The van der Waals surface area contributed by atoms with Crippen molar-refractivity contribution in [3.8, 4) is 0 Å². The summed E-state index contributed by atoms with van der Waals surface area (Å²) in [6.45, 7) is 0.987. The maximum Gasteiger partial charge on any atom is 0.240 e. The van der Waals surface area contributed by atoms with Gasteiger partial charge in [-0.15, -0.1) is 0 Å². The summed E-state index contributed by atoms with van der Waals surface area (Å²) in [7, 11) is -3.69. The van der Waals surface area contributed by atoms with Gasteiger partial charge in [0.25, 0.3) is 0 Å². The predicted octanol–water partition coefficient (Wildman–Crippen LogP) is 2.93. The standard InChI is InChI=1S/C22H23ClFN3O5S/c23-19-11-16(5-8-20(19)24)27-13-14(10-21(27)28)22(29)26-15-3-6-18(7-4-15)33(30,31)25-12-17-2-1-9-32-17/h3-8,11,14,17,25H,1-2,9-10,12-13H2,(H,26,29). The van der Waals surface area contributed by atoms with Gasteiger partial charge in [-0.05, 0) is 55.3 Å². The second kappa shape index (κ2) is 9.76. The molecule has 2 heterocycles. The molecule has 0 radical (unpaired) electrons. The number of ether oxygens (including phenoxy) is 1. The van der Waals surface area contributed by atoms with Crippen molar-refractivity contribution in [1.82, 2.24) is 4.72 Å².